The summed E-state index contributed by atoms with van der Waals surface area (Å²) in [4.78, 5) is 18.4. The van der Waals surface area contributed by atoms with E-state index in [0.717, 1.165) is 16.1 Å². The minimum atomic E-state index is -0.113. The van der Waals surface area contributed by atoms with E-state index in [2.05, 4.69) is 10.3 Å². The van der Waals surface area contributed by atoms with Gasteiger partial charge in [0.05, 0.1) is 11.3 Å². The van der Waals surface area contributed by atoms with Crippen molar-refractivity contribution in [3.05, 3.63) is 45.6 Å². The van der Waals surface area contributed by atoms with Crippen LogP contribution in [-0.2, 0) is 4.79 Å². The monoisotopic (exact) mass is 298 g/mol. The summed E-state index contributed by atoms with van der Waals surface area (Å²) in [6, 6.07) is 9.39. The molecule has 0 fully saturated rings. The number of benzene rings is 1. The summed E-state index contributed by atoms with van der Waals surface area (Å²) in [5.41, 5.74) is 13.6. The number of rotatable bonds is 2. The van der Waals surface area contributed by atoms with Gasteiger partial charge in [-0.15, -0.1) is 11.3 Å². The van der Waals surface area contributed by atoms with E-state index in [4.69, 9.17) is 11.5 Å². The zero-order valence-electron chi connectivity index (χ0n) is 11.4. The molecule has 0 unspecified atom stereocenters. The molecule has 1 aliphatic heterocycles. The second-order valence-corrected chi connectivity index (χ2v) is 6.05. The molecule has 2 heterocycles. The first kappa shape index (κ1) is 13.4. The molecule has 3 rings (SSSR count). The lowest BCUT2D eigenvalue weighted by molar-refractivity contribution is -0.110. The maximum Gasteiger partial charge on any atom is 0.256 e. The van der Waals surface area contributed by atoms with Gasteiger partial charge in [0.25, 0.3) is 5.91 Å². The van der Waals surface area contributed by atoms with E-state index >= 15 is 0 Å². The number of hydrogen-bond donors (Lipinski definition) is 3. The Labute approximate surface area is 126 Å². The van der Waals surface area contributed by atoms with Crippen molar-refractivity contribution in [3.8, 4) is 0 Å². The molecule has 5 N–H and O–H groups in total. The number of nitrogens with zero attached hydrogens (tertiary/aromatic N) is 1. The molecule has 21 heavy (non-hydrogen) atoms. The third-order valence-corrected chi connectivity index (χ3v) is 4.04. The third-order valence-electron chi connectivity index (χ3n) is 3.09. The minimum absolute atomic E-state index is 0.00774. The van der Waals surface area contributed by atoms with Gasteiger partial charge in [-0.3, -0.25) is 4.79 Å². The molecule has 0 bridgehead atoms. The molecule has 1 aromatic carbocycles. The van der Waals surface area contributed by atoms with Crippen molar-refractivity contribution in [1.82, 2.24) is 0 Å². The fourth-order valence-corrected chi connectivity index (χ4v) is 3.03. The Hall–Kier alpha value is -2.60. The van der Waals surface area contributed by atoms with E-state index in [1.807, 2.05) is 25.1 Å². The number of carbonyl (C=O) groups excluding carboxylic acids is 1. The Balaban J connectivity index is 2.07. The van der Waals surface area contributed by atoms with Crippen molar-refractivity contribution in [3.63, 3.8) is 0 Å². The first-order valence-electron chi connectivity index (χ1n) is 6.36. The normalized spacial score (nSPS) is 14.9. The van der Waals surface area contributed by atoms with Crippen LogP contribution in [-0.4, -0.2) is 11.9 Å². The summed E-state index contributed by atoms with van der Waals surface area (Å²) in [5.74, 6) is -0.121. The second kappa shape index (κ2) is 5.06. The van der Waals surface area contributed by atoms with Gasteiger partial charge >= 0.3 is 0 Å². The Morgan fingerprint density at radius 1 is 1.29 bits per heavy atom. The van der Waals surface area contributed by atoms with E-state index < -0.39 is 0 Å². The maximum absolute atomic E-state index is 12.1. The van der Waals surface area contributed by atoms with Crippen LogP contribution in [0.1, 0.15) is 15.3 Å². The highest BCUT2D eigenvalue weighted by Crippen LogP contribution is 2.36. The highest BCUT2D eigenvalue weighted by Gasteiger charge is 2.24. The van der Waals surface area contributed by atoms with Gasteiger partial charge in [-0.1, -0.05) is 0 Å². The van der Waals surface area contributed by atoms with Crippen LogP contribution in [0.4, 0.5) is 11.4 Å². The first-order valence-corrected chi connectivity index (χ1v) is 7.18. The molecule has 0 radical (unpaired) electrons. The summed E-state index contributed by atoms with van der Waals surface area (Å²) in [6.07, 6.45) is 1.89. The third kappa shape index (κ3) is 2.66. The van der Waals surface area contributed by atoms with Crippen molar-refractivity contribution >= 4 is 46.2 Å². The van der Waals surface area contributed by atoms with Gasteiger partial charge in [0.2, 0.25) is 0 Å². The number of carbonyl (C=O) groups is 1. The number of aliphatic imine (C=N–C) groups is 1. The molecule has 1 amide bonds. The Morgan fingerprint density at radius 3 is 2.76 bits per heavy atom. The van der Waals surface area contributed by atoms with Gasteiger partial charge in [-0.05, 0) is 43.3 Å². The maximum atomic E-state index is 12.1. The molecule has 6 heteroatoms. The summed E-state index contributed by atoms with van der Waals surface area (Å²) >= 11 is 1.64. The largest absolute Gasteiger partial charge is 0.370 e. The van der Waals surface area contributed by atoms with E-state index in [1.54, 1.807) is 29.5 Å². The van der Waals surface area contributed by atoms with E-state index in [0.29, 0.717) is 11.3 Å². The molecule has 0 spiro atoms. The highest BCUT2D eigenvalue weighted by atomic mass is 32.1. The number of thiophene rings is 1. The predicted octanol–water partition coefficient (Wildman–Crippen LogP) is 2.45. The van der Waals surface area contributed by atoms with Crippen LogP contribution in [0.5, 0.6) is 0 Å². The lowest BCUT2D eigenvalue weighted by Crippen LogP contribution is -2.21. The van der Waals surface area contributed by atoms with Crippen molar-refractivity contribution in [2.45, 2.75) is 6.92 Å². The number of fused-ring (bicyclic) bond motifs is 1. The van der Waals surface area contributed by atoms with Crippen LogP contribution >= 0.6 is 11.3 Å². The average molecular weight is 298 g/mol. The number of anilines is 1. The van der Waals surface area contributed by atoms with Gasteiger partial charge in [0, 0.05) is 21.0 Å². The van der Waals surface area contributed by atoms with E-state index in [9.17, 15) is 4.79 Å². The Kier molecular flexibility index (Phi) is 3.23. The van der Waals surface area contributed by atoms with Gasteiger partial charge < -0.3 is 16.8 Å². The molecular formula is C15H14N4OS. The zero-order chi connectivity index (χ0) is 15.0. The van der Waals surface area contributed by atoms with Crippen LogP contribution in [0.3, 0.4) is 0 Å². The SMILES string of the molecule is Cc1ccc(C=C2C(=O)Nc3ccc(N=C(N)N)cc32)s1. The van der Waals surface area contributed by atoms with Crippen molar-refractivity contribution in [2.75, 3.05) is 5.32 Å². The van der Waals surface area contributed by atoms with Crippen molar-refractivity contribution in [1.29, 1.82) is 0 Å². The molecule has 106 valence electrons. The first-order chi connectivity index (χ1) is 10.0. The van der Waals surface area contributed by atoms with Crippen LogP contribution in [0.25, 0.3) is 11.6 Å². The predicted molar refractivity (Wildman–Crippen MR) is 87.5 cm³/mol. The average Bonchev–Trinajstić information content (AvgIpc) is 2.95. The van der Waals surface area contributed by atoms with Crippen LogP contribution in [0, 0.1) is 6.92 Å². The van der Waals surface area contributed by atoms with Gasteiger partial charge in [0.1, 0.15) is 0 Å². The van der Waals surface area contributed by atoms with Gasteiger partial charge in [-0.25, -0.2) is 4.99 Å². The van der Waals surface area contributed by atoms with Crippen molar-refractivity contribution < 1.29 is 4.79 Å². The molecule has 1 aromatic heterocycles. The van der Waals surface area contributed by atoms with Crippen LogP contribution in [0.15, 0.2) is 35.3 Å². The molecule has 2 aromatic rings. The second-order valence-electron chi connectivity index (χ2n) is 4.73. The Morgan fingerprint density at radius 2 is 2.10 bits per heavy atom. The van der Waals surface area contributed by atoms with Gasteiger partial charge in [0.15, 0.2) is 5.96 Å². The fraction of sp³-hybridized carbons (Fsp3) is 0.0667. The summed E-state index contributed by atoms with van der Waals surface area (Å²) in [7, 11) is 0. The highest BCUT2D eigenvalue weighted by molar-refractivity contribution is 7.12. The summed E-state index contributed by atoms with van der Waals surface area (Å²) in [5, 5.41) is 2.84. The number of nitrogens with one attached hydrogen (secondary N) is 1. The molecule has 5 nitrogen and oxygen atoms in total. The lowest BCUT2D eigenvalue weighted by Gasteiger charge is -2.00. The lowest BCUT2D eigenvalue weighted by atomic mass is 10.1. The van der Waals surface area contributed by atoms with E-state index in [1.165, 1.54) is 4.88 Å². The number of aryl methyl sites for hydroxylation is 1. The molecule has 0 saturated heterocycles. The number of hydrogen-bond acceptors (Lipinski definition) is 3. The molecule has 0 aliphatic carbocycles. The van der Waals surface area contributed by atoms with Gasteiger partial charge in [-0.2, -0.15) is 0 Å². The number of nitrogens with two attached hydrogens (primary N) is 2. The van der Waals surface area contributed by atoms with Crippen LogP contribution < -0.4 is 16.8 Å². The number of amides is 1. The summed E-state index contributed by atoms with van der Waals surface area (Å²) in [6.45, 7) is 2.03. The molecular weight excluding hydrogens is 284 g/mol. The molecule has 1 aliphatic rings. The zero-order valence-corrected chi connectivity index (χ0v) is 12.2. The smallest absolute Gasteiger partial charge is 0.256 e. The van der Waals surface area contributed by atoms with Crippen molar-refractivity contribution in [2.24, 2.45) is 16.5 Å². The standard InChI is InChI=1S/C15H14N4OS/c1-8-2-4-10(21-8)7-12-11-6-9(18-15(16)17)3-5-13(11)19-14(12)20/h2-7H,1H3,(H,19,20)(H4,16,17,18). The van der Waals surface area contributed by atoms with E-state index in [-0.39, 0.29) is 11.9 Å². The minimum Gasteiger partial charge on any atom is -0.370 e. The Bertz CT molecular complexity index is 785. The quantitative estimate of drug-likeness (QED) is 0.451. The molecule has 0 saturated carbocycles. The number of guanidine groups is 1. The molecule has 0 atom stereocenters. The summed E-state index contributed by atoms with van der Waals surface area (Å²) < 4.78 is 0. The van der Waals surface area contributed by atoms with Crippen LogP contribution in [0.2, 0.25) is 0 Å². The topological polar surface area (TPSA) is 93.5 Å². The fourth-order valence-electron chi connectivity index (χ4n) is 2.21.